The van der Waals surface area contributed by atoms with Crippen molar-refractivity contribution in [2.75, 3.05) is 27.3 Å². The van der Waals surface area contributed by atoms with Crippen LogP contribution in [0.5, 0.6) is 11.5 Å². The third-order valence-electron chi connectivity index (χ3n) is 5.43. The molecule has 31 heavy (non-hydrogen) atoms. The van der Waals surface area contributed by atoms with E-state index in [1.165, 1.54) is 22.5 Å². The molecule has 1 amide bonds. The van der Waals surface area contributed by atoms with Gasteiger partial charge in [0, 0.05) is 31.1 Å². The molecule has 2 aromatic carbocycles. The van der Waals surface area contributed by atoms with Crippen LogP contribution >= 0.6 is 0 Å². The quantitative estimate of drug-likeness (QED) is 0.669. The summed E-state index contributed by atoms with van der Waals surface area (Å²) >= 11 is 0. The summed E-state index contributed by atoms with van der Waals surface area (Å²) in [5, 5.41) is 2.91. The molecular weight excluding hydrogens is 423 g/mol. The summed E-state index contributed by atoms with van der Waals surface area (Å²) in [6.45, 7) is 0.821. The van der Waals surface area contributed by atoms with E-state index >= 15 is 0 Å². The first-order valence-electron chi connectivity index (χ1n) is 10.0. The van der Waals surface area contributed by atoms with Crippen LogP contribution in [0.1, 0.15) is 24.0 Å². The van der Waals surface area contributed by atoms with Gasteiger partial charge in [0.15, 0.2) is 11.5 Å². The molecule has 1 heterocycles. The van der Waals surface area contributed by atoms with E-state index in [1.807, 2.05) is 6.07 Å². The number of benzene rings is 2. The molecule has 1 N–H and O–H groups in total. The fourth-order valence-electron chi connectivity index (χ4n) is 3.62. The topological polar surface area (TPSA) is 84.9 Å². The summed E-state index contributed by atoms with van der Waals surface area (Å²) in [5.74, 6) is -0.0869. The Kier molecular flexibility index (Phi) is 7.50. The predicted octanol–water partition coefficient (Wildman–Crippen LogP) is 2.70. The third-order valence-corrected chi connectivity index (χ3v) is 7.26. The van der Waals surface area contributed by atoms with Crippen LogP contribution in [-0.2, 0) is 27.1 Å². The molecule has 3 rings (SSSR count). The Morgan fingerprint density at radius 3 is 2.42 bits per heavy atom. The number of hydrogen-bond donors (Lipinski definition) is 1. The first-order valence-corrected chi connectivity index (χ1v) is 11.6. The first-order chi connectivity index (χ1) is 14.8. The maximum atomic E-state index is 13.8. The summed E-state index contributed by atoms with van der Waals surface area (Å²) in [7, 11) is -0.534. The molecule has 0 radical (unpaired) electrons. The second-order valence-corrected chi connectivity index (χ2v) is 9.40. The molecule has 1 fully saturated rings. The van der Waals surface area contributed by atoms with Crippen molar-refractivity contribution in [3.63, 3.8) is 0 Å². The minimum atomic E-state index is -3.64. The number of ether oxygens (including phenoxy) is 2. The van der Waals surface area contributed by atoms with Crippen LogP contribution in [0.4, 0.5) is 4.39 Å². The number of methoxy groups -OCH3 is 2. The van der Waals surface area contributed by atoms with E-state index in [9.17, 15) is 17.6 Å². The third kappa shape index (κ3) is 5.74. The second kappa shape index (κ2) is 10.1. The van der Waals surface area contributed by atoms with E-state index in [-0.39, 0.29) is 36.2 Å². The number of rotatable bonds is 8. The highest BCUT2D eigenvalue weighted by Gasteiger charge is 2.31. The number of carbonyl (C=O) groups excluding carboxylic acids is 1. The Balaban J connectivity index is 1.52. The van der Waals surface area contributed by atoms with Gasteiger partial charge in [-0.15, -0.1) is 0 Å². The van der Waals surface area contributed by atoms with Crippen LogP contribution in [0.2, 0.25) is 0 Å². The van der Waals surface area contributed by atoms with Gasteiger partial charge in [-0.3, -0.25) is 4.79 Å². The largest absolute Gasteiger partial charge is 0.493 e. The van der Waals surface area contributed by atoms with Crippen LogP contribution < -0.4 is 14.8 Å². The maximum absolute atomic E-state index is 13.8. The molecule has 0 saturated carbocycles. The molecule has 168 valence electrons. The lowest BCUT2D eigenvalue weighted by Gasteiger charge is -2.30. The second-order valence-electron chi connectivity index (χ2n) is 7.43. The number of nitrogens with one attached hydrogen (secondary N) is 1. The fourth-order valence-corrected chi connectivity index (χ4v) is 5.20. The monoisotopic (exact) mass is 450 g/mol. The number of amides is 1. The molecule has 1 aliphatic heterocycles. The van der Waals surface area contributed by atoms with E-state index in [0.717, 1.165) is 5.56 Å². The van der Waals surface area contributed by atoms with Crippen LogP contribution in [0, 0.1) is 11.7 Å². The van der Waals surface area contributed by atoms with Gasteiger partial charge in [0.25, 0.3) is 0 Å². The molecule has 1 aliphatic rings. The lowest BCUT2D eigenvalue weighted by Crippen LogP contribution is -2.43. The number of sulfonamides is 1. The van der Waals surface area contributed by atoms with E-state index in [2.05, 4.69) is 5.32 Å². The highest BCUT2D eigenvalue weighted by atomic mass is 32.2. The summed E-state index contributed by atoms with van der Waals surface area (Å²) in [5.41, 5.74) is 1.02. The zero-order valence-corrected chi connectivity index (χ0v) is 18.5. The van der Waals surface area contributed by atoms with Gasteiger partial charge in [-0.1, -0.05) is 24.3 Å². The molecule has 0 atom stereocenters. The summed E-state index contributed by atoms with van der Waals surface area (Å²) < 4.78 is 50.9. The number of carbonyl (C=O) groups is 1. The lowest BCUT2D eigenvalue weighted by molar-refractivity contribution is -0.126. The predicted molar refractivity (Wildman–Crippen MR) is 115 cm³/mol. The van der Waals surface area contributed by atoms with Gasteiger partial charge in [0.05, 0.1) is 20.0 Å². The van der Waals surface area contributed by atoms with Gasteiger partial charge in [0.2, 0.25) is 15.9 Å². The van der Waals surface area contributed by atoms with Crippen molar-refractivity contribution in [2.24, 2.45) is 5.92 Å². The molecule has 1 saturated heterocycles. The van der Waals surface area contributed by atoms with E-state index in [0.29, 0.717) is 30.9 Å². The van der Waals surface area contributed by atoms with Gasteiger partial charge in [0.1, 0.15) is 5.82 Å². The fraction of sp³-hybridized carbons (Fsp3) is 0.409. The zero-order valence-electron chi connectivity index (χ0n) is 17.6. The molecule has 0 spiro atoms. The van der Waals surface area contributed by atoms with Crippen LogP contribution in [0.15, 0.2) is 42.5 Å². The summed E-state index contributed by atoms with van der Waals surface area (Å²) in [6.07, 6.45) is 0.850. The van der Waals surface area contributed by atoms with Crippen molar-refractivity contribution in [2.45, 2.75) is 25.1 Å². The van der Waals surface area contributed by atoms with Crippen molar-refractivity contribution < 1.29 is 27.1 Å². The summed E-state index contributed by atoms with van der Waals surface area (Å²) in [4.78, 5) is 12.6. The first kappa shape index (κ1) is 23.0. The minimum absolute atomic E-state index is 0.110. The number of hydrogen-bond acceptors (Lipinski definition) is 5. The Morgan fingerprint density at radius 1 is 1.10 bits per heavy atom. The van der Waals surface area contributed by atoms with Gasteiger partial charge >= 0.3 is 0 Å². The van der Waals surface area contributed by atoms with Crippen LogP contribution in [-0.4, -0.2) is 45.9 Å². The van der Waals surface area contributed by atoms with Crippen molar-refractivity contribution >= 4 is 15.9 Å². The Morgan fingerprint density at radius 2 is 1.77 bits per heavy atom. The molecule has 0 unspecified atom stereocenters. The average Bonchev–Trinajstić information content (AvgIpc) is 2.78. The van der Waals surface area contributed by atoms with Crippen molar-refractivity contribution in [3.05, 3.63) is 59.4 Å². The lowest BCUT2D eigenvalue weighted by atomic mass is 9.97. The molecule has 0 aliphatic carbocycles. The highest BCUT2D eigenvalue weighted by molar-refractivity contribution is 7.88. The van der Waals surface area contributed by atoms with Crippen LogP contribution in [0.25, 0.3) is 0 Å². The van der Waals surface area contributed by atoms with Gasteiger partial charge in [-0.05, 0) is 36.6 Å². The maximum Gasteiger partial charge on any atom is 0.223 e. The molecule has 0 aromatic heterocycles. The van der Waals surface area contributed by atoms with E-state index < -0.39 is 15.8 Å². The van der Waals surface area contributed by atoms with Crippen molar-refractivity contribution in [1.82, 2.24) is 9.62 Å². The van der Waals surface area contributed by atoms with Gasteiger partial charge < -0.3 is 14.8 Å². The van der Waals surface area contributed by atoms with Gasteiger partial charge in [-0.2, -0.15) is 0 Å². The zero-order chi connectivity index (χ0) is 22.4. The molecule has 0 bridgehead atoms. The van der Waals surface area contributed by atoms with Gasteiger partial charge in [-0.25, -0.2) is 17.1 Å². The Labute approximate surface area is 182 Å². The van der Waals surface area contributed by atoms with Crippen molar-refractivity contribution in [1.29, 1.82) is 0 Å². The average molecular weight is 451 g/mol. The summed E-state index contributed by atoms with van der Waals surface area (Å²) in [6, 6.07) is 11.3. The number of nitrogens with zero attached hydrogens (tertiary/aromatic N) is 1. The normalized spacial score (nSPS) is 15.5. The Hall–Kier alpha value is -2.65. The van der Waals surface area contributed by atoms with Crippen molar-refractivity contribution in [3.8, 4) is 11.5 Å². The van der Waals surface area contributed by atoms with E-state index in [1.54, 1.807) is 32.4 Å². The molecule has 2 aromatic rings. The molecular formula is C22H27FN2O5S. The molecule has 7 nitrogen and oxygen atoms in total. The number of piperidine rings is 1. The smallest absolute Gasteiger partial charge is 0.223 e. The van der Waals surface area contributed by atoms with Crippen LogP contribution in [0.3, 0.4) is 0 Å². The molecule has 9 heteroatoms. The Bertz CT molecular complexity index is 1020. The SMILES string of the molecule is COc1ccc(CNC(=O)C2CCN(S(=O)(=O)Cc3ccccc3F)CC2)cc1OC. The number of halogens is 1. The highest BCUT2D eigenvalue weighted by Crippen LogP contribution is 2.28. The van der Waals surface area contributed by atoms with E-state index in [4.69, 9.17) is 9.47 Å². The standard InChI is InChI=1S/C22H27FN2O5S/c1-29-20-8-7-16(13-21(20)30-2)14-24-22(26)17-9-11-25(12-10-17)31(27,28)15-18-5-3-4-6-19(18)23/h3-8,13,17H,9-12,14-15H2,1-2H3,(H,24,26). The minimum Gasteiger partial charge on any atom is -0.493 e.